The molecule has 2 heterocycles. The summed E-state index contributed by atoms with van der Waals surface area (Å²) in [7, 11) is 0. The first-order valence-electron chi connectivity index (χ1n) is 9.19. The number of nitro benzene ring substituents is 1. The zero-order chi connectivity index (χ0) is 21.3. The molecule has 0 bridgehead atoms. The van der Waals surface area contributed by atoms with E-state index < -0.39 is 4.92 Å². The predicted molar refractivity (Wildman–Crippen MR) is 119 cm³/mol. The lowest BCUT2D eigenvalue weighted by Gasteiger charge is -2.09. The van der Waals surface area contributed by atoms with E-state index in [9.17, 15) is 14.9 Å². The van der Waals surface area contributed by atoms with Gasteiger partial charge >= 0.3 is 0 Å². The molecule has 150 valence electrons. The first kappa shape index (κ1) is 19.5. The van der Waals surface area contributed by atoms with Crippen molar-refractivity contribution in [1.82, 2.24) is 9.99 Å². The molecular weight excluding hydrogens is 400 g/mol. The monoisotopic (exact) mass is 418 g/mol. The molecule has 0 unspecified atom stereocenters. The summed E-state index contributed by atoms with van der Waals surface area (Å²) in [5.41, 5.74) is 6.79. The summed E-state index contributed by atoms with van der Waals surface area (Å²) in [6.07, 6.45) is 3.53. The Bertz CT molecular complexity index is 1300. The topological polar surface area (TPSA) is 89.5 Å². The number of rotatable bonds is 5. The second kappa shape index (κ2) is 7.92. The molecule has 1 amide bonds. The summed E-state index contributed by atoms with van der Waals surface area (Å²) in [4.78, 5) is 23.3. The first-order valence-corrected chi connectivity index (χ1v) is 10.0. The molecule has 0 atom stereocenters. The predicted octanol–water partition coefficient (Wildman–Crippen LogP) is 4.98. The van der Waals surface area contributed by atoms with Crippen molar-refractivity contribution in [2.75, 3.05) is 0 Å². The van der Waals surface area contributed by atoms with Gasteiger partial charge in [-0.3, -0.25) is 14.9 Å². The third-order valence-corrected chi connectivity index (χ3v) is 5.96. The van der Waals surface area contributed by atoms with Gasteiger partial charge in [-0.15, -0.1) is 11.3 Å². The van der Waals surface area contributed by atoms with Gasteiger partial charge in [0.05, 0.1) is 21.7 Å². The fraction of sp³-hybridized carbons (Fsp3) is 0.0909. The number of aryl methyl sites for hydroxylation is 2. The Morgan fingerprint density at radius 1 is 1.13 bits per heavy atom. The minimum Gasteiger partial charge on any atom is -0.316 e. The Morgan fingerprint density at radius 3 is 2.73 bits per heavy atom. The third-order valence-electron chi connectivity index (χ3n) is 4.85. The van der Waals surface area contributed by atoms with Gasteiger partial charge < -0.3 is 4.57 Å². The fourth-order valence-electron chi connectivity index (χ4n) is 3.08. The smallest absolute Gasteiger partial charge is 0.281 e. The fourth-order valence-corrected chi connectivity index (χ4v) is 4.01. The summed E-state index contributed by atoms with van der Waals surface area (Å²) in [6, 6.07) is 16.2. The van der Waals surface area contributed by atoms with Gasteiger partial charge in [-0.2, -0.15) is 5.10 Å². The lowest BCUT2D eigenvalue weighted by Crippen LogP contribution is -2.16. The number of fused-ring (bicyclic) bond motifs is 1. The zero-order valence-corrected chi connectivity index (χ0v) is 17.1. The molecule has 0 saturated carbocycles. The van der Waals surface area contributed by atoms with Gasteiger partial charge in [0.1, 0.15) is 0 Å². The Hall–Kier alpha value is -3.78. The molecule has 0 radical (unpaired) electrons. The molecule has 2 aromatic carbocycles. The standard InChI is InChI=1S/C22H18N4O3S/c1-14-5-6-17(10-15(14)2)25-9-3-4-19(25)13-23-24-22(27)21-12-16-11-18(26(28)29)7-8-20(16)30-21/h3-13H,1-2H3,(H,24,27). The van der Waals surface area contributed by atoms with Crippen LogP contribution >= 0.6 is 11.3 Å². The Kier molecular flexibility index (Phi) is 5.16. The number of nitrogens with zero attached hydrogens (tertiary/aromatic N) is 3. The van der Waals surface area contributed by atoms with Gasteiger partial charge in [-0.05, 0) is 61.4 Å². The van der Waals surface area contributed by atoms with E-state index in [1.165, 1.54) is 34.6 Å². The zero-order valence-electron chi connectivity index (χ0n) is 16.3. The summed E-state index contributed by atoms with van der Waals surface area (Å²) < 4.78 is 2.79. The van der Waals surface area contributed by atoms with Crippen LogP contribution in [0, 0.1) is 24.0 Å². The lowest BCUT2D eigenvalue weighted by molar-refractivity contribution is -0.384. The second-order valence-corrected chi connectivity index (χ2v) is 7.94. The van der Waals surface area contributed by atoms with Gasteiger partial charge in [-0.25, -0.2) is 5.43 Å². The van der Waals surface area contributed by atoms with E-state index in [1.54, 1.807) is 18.3 Å². The van der Waals surface area contributed by atoms with Crippen LogP contribution in [0.15, 0.2) is 65.9 Å². The SMILES string of the molecule is Cc1ccc(-n2cccc2C=NNC(=O)c2cc3cc([N+](=O)[O-])ccc3s2)cc1C. The number of hydrogen-bond donors (Lipinski definition) is 1. The summed E-state index contributed by atoms with van der Waals surface area (Å²) in [5.74, 6) is -0.362. The number of non-ortho nitro benzene ring substituents is 1. The summed E-state index contributed by atoms with van der Waals surface area (Å²) >= 11 is 1.26. The number of carbonyl (C=O) groups excluding carboxylic acids is 1. The van der Waals surface area contributed by atoms with Gasteiger partial charge in [0, 0.05) is 34.1 Å². The molecule has 0 aliphatic heterocycles. The van der Waals surface area contributed by atoms with Gasteiger partial charge in [0.15, 0.2) is 0 Å². The highest BCUT2D eigenvalue weighted by Crippen LogP contribution is 2.28. The largest absolute Gasteiger partial charge is 0.316 e. The molecule has 8 heteroatoms. The number of carbonyl (C=O) groups is 1. The van der Waals surface area contributed by atoms with Crippen molar-refractivity contribution in [2.24, 2.45) is 5.10 Å². The number of hydrogen-bond acceptors (Lipinski definition) is 5. The highest BCUT2D eigenvalue weighted by atomic mass is 32.1. The maximum absolute atomic E-state index is 12.4. The molecule has 0 spiro atoms. The van der Waals surface area contributed by atoms with E-state index in [0.29, 0.717) is 10.3 Å². The van der Waals surface area contributed by atoms with E-state index in [4.69, 9.17) is 0 Å². The molecule has 0 aliphatic rings. The number of hydrazone groups is 1. The maximum Gasteiger partial charge on any atom is 0.281 e. The van der Waals surface area contributed by atoms with Gasteiger partial charge in [0.2, 0.25) is 0 Å². The normalized spacial score (nSPS) is 11.3. The third kappa shape index (κ3) is 3.85. The molecule has 0 aliphatic carbocycles. The van der Waals surface area contributed by atoms with Crippen LogP contribution in [0.1, 0.15) is 26.5 Å². The number of amides is 1. The second-order valence-electron chi connectivity index (χ2n) is 6.86. The van der Waals surface area contributed by atoms with Crippen molar-refractivity contribution >= 4 is 39.2 Å². The minimum absolute atomic E-state index is 0.00242. The molecule has 4 rings (SSSR count). The lowest BCUT2D eigenvalue weighted by atomic mass is 10.1. The van der Waals surface area contributed by atoms with Crippen molar-refractivity contribution in [3.8, 4) is 5.69 Å². The molecule has 30 heavy (non-hydrogen) atoms. The van der Waals surface area contributed by atoms with Crippen LogP contribution in [-0.4, -0.2) is 21.6 Å². The molecule has 4 aromatic rings. The molecule has 0 saturated heterocycles. The van der Waals surface area contributed by atoms with Crippen molar-refractivity contribution in [3.05, 3.63) is 92.6 Å². The van der Waals surface area contributed by atoms with Crippen LogP contribution in [0.4, 0.5) is 5.69 Å². The minimum atomic E-state index is -0.453. The average molecular weight is 418 g/mol. The first-order chi connectivity index (χ1) is 14.4. The van der Waals surface area contributed by atoms with Crippen LogP contribution < -0.4 is 5.43 Å². The van der Waals surface area contributed by atoms with Crippen LogP contribution in [0.2, 0.25) is 0 Å². The summed E-state index contributed by atoms with van der Waals surface area (Å²) in [5, 5.41) is 15.7. The highest BCUT2D eigenvalue weighted by molar-refractivity contribution is 7.20. The number of nitrogens with one attached hydrogen (secondary N) is 1. The molecule has 7 nitrogen and oxygen atoms in total. The molecule has 2 aromatic heterocycles. The van der Waals surface area contributed by atoms with E-state index in [0.717, 1.165) is 16.1 Å². The van der Waals surface area contributed by atoms with E-state index in [1.807, 2.05) is 29.0 Å². The Balaban J connectivity index is 1.51. The number of nitro groups is 1. The highest BCUT2D eigenvalue weighted by Gasteiger charge is 2.13. The molecular formula is C22H18N4O3S. The van der Waals surface area contributed by atoms with Crippen molar-refractivity contribution in [3.63, 3.8) is 0 Å². The average Bonchev–Trinajstić information content (AvgIpc) is 3.36. The summed E-state index contributed by atoms with van der Waals surface area (Å²) in [6.45, 7) is 4.13. The van der Waals surface area contributed by atoms with E-state index in [-0.39, 0.29) is 11.6 Å². The van der Waals surface area contributed by atoms with Crippen LogP contribution in [-0.2, 0) is 0 Å². The van der Waals surface area contributed by atoms with Gasteiger partial charge in [0.25, 0.3) is 11.6 Å². The van der Waals surface area contributed by atoms with E-state index >= 15 is 0 Å². The van der Waals surface area contributed by atoms with Crippen LogP contribution in [0.5, 0.6) is 0 Å². The van der Waals surface area contributed by atoms with Crippen molar-refractivity contribution < 1.29 is 9.72 Å². The quantitative estimate of drug-likeness (QED) is 0.281. The van der Waals surface area contributed by atoms with Crippen molar-refractivity contribution in [2.45, 2.75) is 13.8 Å². The number of thiophene rings is 1. The molecule has 1 N–H and O–H groups in total. The maximum atomic E-state index is 12.4. The molecule has 0 fully saturated rings. The van der Waals surface area contributed by atoms with Crippen molar-refractivity contribution in [1.29, 1.82) is 0 Å². The Morgan fingerprint density at radius 2 is 1.97 bits per heavy atom. The van der Waals surface area contributed by atoms with Gasteiger partial charge in [-0.1, -0.05) is 6.07 Å². The Labute approximate surface area is 176 Å². The number of aromatic nitrogens is 1. The van der Waals surface area contributed by atoms with E-state index in [2.05, 4.69) is 36.5 Å². The van der Waals surface area contributed by atoms with Crippen LogP contribution in [0.25, 0.3) is 15.8 Å². The number of benzene rings is 2. The van der Waals surface area contributed by atoms with Crippen LogP contribution in [0.3, 0.4) is 0 Å².